The van der Waals surface area contributed by atoms with Gasteiger partial charge >= 0.3 is 0 Å². The fraction of sp³-hybridized carbons (Fsp3) is 1.00. The highest BCUT2D eigenvalue weighted by atomic mass is 16.5. The fourth-order valence-electron chi connectivity index (χ4n) is 2.33. The van der Waals surface area contributed by atoms with Gasteiger partial charge in [0, 0.05) is 26.4 Å². The Balaban J connectivity index is 1.73. The first-order valence-corrected chi connectivity index (χ1v) is 6.76. The summed E-state index contributed by atoms with van der Waals surface area (Å²) in [6.45, 7) is 2.28. The van der Waals surface area contributed by atoms with Gasteiger partial charge in [0.2, 0.25) is 0 Å². The Morgan fingerprint density at radius 1 is 1.24 bits per heavy atom. The molecule has 17 heavy (non-hydrogen) atoms. The van der Waals surface area contributed by atoms with E-state index in [1.807, 2.05) is 0 Å². The normalized spacial score (nSPS) is 23.6. The summed E-state index contributed by atoms with van der Waals surface area (Å²) in [5.41, 5.74) is -0.172. The van der Waals surface area contributed by atoms with Gasteiger partial charge in [-0.3, -0.25) is 0 Å². The highest BCUT2D eigenvalue weighted by Gasteiger charge is 2.47. The summed E-state index contributed by atoms with van der Waals surface area (Å²) in [4.78, 5) is 0. The van der Waals surface area contributed by atoms with Crippen LogP contribution in [0.1, 0.15) is 32.1 Å². The van der Waals surface area contributed by atoms with Crippen LogP contribution in [0.5, 0.6) is 0 Å². The molecule has 2 N–H and O–H groups in total. The Morgan fingerprint density at radius 3 is 2.53 bits per heavy atom. The average molecular weight is 243 g/mol. The highest BCUT2D eigenvalue weighted by Crippen LogP contribution is 2.41. The van der Waals surface area contributed by atoms with Gasteiger partial charge in [0.25, 0.3) is 0 Å². The van der Waals surface area contributed by atoms with Crippen molar-refractivity contribution in [3.05, 3.63) is 0 Å². The third-order valence-corrected chi connectivity index (χ3v) is 3.71. The van der Waals surface area contributed by atoms with Crippen LogP contribution in [0, 0.1) is 5.92 Å². The first kappa shape index (κ1) is 13.3. The lowest BCUT2D eigenvalue weighted by Crippen LogP contribution is -2.55. The van der Waals surface area contributed by atoms with Crippen LogP contribution in [0.2, 0.25) is 0 Å². The number of hydrogen-bond donors (Lipinski definition) is 2. The largest absolute Gasteiger partial charge is 0.394 e. The Bertz CT molecular complexity index is 229. The molecule has 1 unspecified atom stereocenters. The first-order chi connectivity index (χ1) is 8.30. The molecule has 1 atom stereocenters. The molecular weight excluding hydrogens is 218 g/mol. The molecule has 4 nitrogen and oxygen atoms in total. The number of methoxy groups -OCH3 is 1. The van der Waals surface area contributed by atoms with Gasteiger partial charge in [-0.15, -0.1) is 0 Å². The molecule has 0 aromatic heterocycles. The lowest BCUT2D eigenvalue weighted by atomic mass is 9.95. The smallest absolute Gasteiger partial charge is 0.0681 e. The zero-order chi connectivity index (χ0) is 12.1. The lowest BCUT2D eigenvalue weighted by molar-refractivity contribution is 0.0159. The van der Waals surface area contributed by atoms with E-state index in [4.69, 9.17) is 9.47 Å². The molecule has 2 saturated carbocycles. The number of aliphatic hydroxyl groups excluding tert-OH is 1. The minimum atomic E-state index is -0.172. The van der Waals surface area contributed by atoms with E-state index in [1.165, 1.54) is 25.7 Å². The average Bonchev–Trinajstić information content (AvgIpc) is 3.18. The van der Waals surface area contributed by atoms with Crippen LogP contribution >= 0.6 is 0 Å². The standard InChI is InChI=1S/C13H25NO3/c1-16-7-2-8-17-10-13(9-15,11-3-4-11)14-12-5-6-12/h11-12,14-15H,2-10H2,1H3. The molecule has 0 aliphatic heterocycles. The predicted octanol–water partition coefficient (Wildman–Crippen LogP) is 0.933. The van der Waals surface area contributed by atoms with E-state index in [0.29, 0.717) is 25.2 Å². The summed E-state index contributed by atoms with van der Waals surface area (Å²) >= 11 is 0. The molecule has 100 valence electrons. The van der Waals surface area contributed by atoms with Gasteiger partial charge in [0.05, 0.1) is 18.8 Å². The zero-order valence-corrected chi connectivity index (χ0v) is 10.8. The molecule has 4 heteroatoms. The lowest BCUT2D eigenvalue weighted by Gasteiger charge is -2.33. The molecule has 0 amide bonds. The Labute approximate surface area is 104 Å². The molecule has 2 fully saturated rings. The summed E-state index contributed by atoms with van der Waals surface area (Å²) < 4.78 is 10.7. The number of rotatable bonds is 10. The Hall–Kier alpha value is -0.160. The van der Waals surface area contributed by atoms with Crippen molar-refractivity contribution in [1.82, 2.24) is 5.32 Å². The fourth-order valence-corrected chi connectivity index (χ4v) is 2.33. The second-order valence-electron chi connectivity index (χ2n) is 5.41. The third-order valence-electron chi connectivity index (χ3n) is 3.71. The third kappa shape index (κ3) is 3.91. The number of aliphatic hydroxyl groups is 1. The molecule has 2 aliphatic carbocycles. The zero-order valence-electron chi connectivity index (χ0n) is 10.8. The molecule has 0 spiro atoms. The maximum Gasteiger partial charge on any atom is 0.0681 e. The topological polar surface area (TPSA) is 50.7 Å². The van der Waals surface area contributed by atoms with Gasteiger partial charge in [0.1, 0.15) is 0 Å². The second kappa shape index (κ2) is 6.14. The van der Waals surface area contributed by atoms with Crippen molar-refractivity contribution in [3.8, 4) is 0 Å². The van der Waals surface area contributed by atoms with Crippen LogP contribution < -0.4 is 5.32 Å². The van der Waals surface area contributed by atoms with E-state index < -0.39 is 0 Å². The maximum absolute atomic E-state index is 9.70. The minimum Gasteiger partial charge on any atom is -0.394 e. The molecule has 0 heterocycles. The van der Waals surface area contributed by atoms with Crippen molar-refractivity contribution in [2.45, 2.75) is 43.7 Å². The summed E-state index contributed by atoms with van der Waals surface area (Å²) in [6, 6.07) is 0.616. The summed E-state index contributed by atoms with van der Waals surface area (Å²) in [6.07, 6.45) is 5.87. The maximum atomic E-state index is 9.70. The highest BCUT2D eigenvalue weighted by molar-refractivity contribution is 5.04. The van der Waals surface area contributed by atoms with Crippen LogP contribution in [0.3, 0.4) is 0 Å². The van der Waals surface area contributed by atoms with Crippen molar-refractivity contribution in [2.75, 3.05) is 33.5 Å². The number of ether oxygens (including phenoxy) is 2. The van der Waals surface area contributed by atoms with Crippen LogP contribution in [0.15, 0.2) is 0 Å². The van der Waals surface area contributed by atoms with Crippen LogP contribution in [-0.2, 0) is 9.47 Å². The van der Waals surface area contributed by atoms with E-state index in [0.717, 1.165) is 13.0 Å². The van der Waals surface area contributed by atoms with Crippen molar-refractivity contribution < 1.29 is 14.6 Å². The van der Waals surface area contributed by atoms with E-state index >= 15 is 0 Å². The van der Waals surface area contributed by atoms with E-state index in [1.54, 1.807) is 7.11 Å². The monoisotopic (exact) mass is 243 g/mol. The van der Waals surface area contributed by atoms with Gasteiger partial charge < -0.3 is 19.9 Å². The van der Waals surface area contributed by atoms with Crippen molar-refractivity contribution in [1.29, 1.82) is 0 Å². The molecule has 0 saturated heterocycles. The molecule has 0 bridgehead atoms. The van der Waals surface area contributed by atoms with Gasteiger partial charge in [-0.2, -0.15) is 0 Å². The van der Waals surface area contributed by atoms with Gasteiger partial charge in [-0.25, -0.2) is 0 Å². The van der Waals surface area contributed by atoms with Gasteiger partial charge in [-0.05, 0) is 38.0 Å². The summed E-state index contributed by atoms with van der Waals surface area (Å²) in [5, 5.41) is 13.3. The molecule has 2 rings (SSSR count). The second-order valence-corrected chi connectivity index (χ2v) is 5.41. The first-order valence-electron chi connectivity index (χ1n) is 6.76. The minimum absolute atomic E-state index is 0.172. The molecular formula is C13H25NO3. The summed E-state index contributed by atoms with van der Waals surface area (Å²) in [5.74, 6) is 0.607. The van der Waals surface area contributed by atoms with Crippen LogP contribution in [0.4, 0.5) is 0 Å². The van der Waals surface area contributed by atoms with Crippen LogP contribution in [-0.4, -0.2) is 50.2 Å². The van der Waals surface area contributed by atoms with Gasteiger partial charge in [-0.1, -0.05) is 0 Å². The summed E-state index contributed by atoms with van der Waals surface area (Å²) in [7, 11) is 1.71. The van der Waals surface area contributed by atoms with Gasteiger partial charge in [0.15, 0.2) is 0 Å². The van der Waals surface area contributed by atoms with E-state index in [9.17, 15) is 5.11 Å². The Morgan fingerprint density at radius 2 is 2.00 bits per heavy atom. The Kier molecular flexibility index (Phi) is 4.79. The molecule has 0 aromatic carbocycles. The SMILES string of the molecule is COCCCOCC(CO)(NC1CC1)C1CC1. The van der Waals surface area contributed by atoms with Crippen molar-refractivity contribution >= 4 is 0 Å². The molecule has 0 radical (unpaired) electrons. The molecule has 2 aliphatic rings. The van der Waals surface area contributed by atoms with Crippen molar-refractivity contribution in [2.24, 2.45) is 5.92 Å². The number of hydrogen-bond acceptors (Lipinski definition) is 4. The van der Waals surface area contributed by atoms with E-state index in [2.05, 4.69) is 5.32 Å². The predicted molar refractivity (Wildman–Crippen MR) is 66.0 cm³/mol. The van der Waals surface area contributed by atoms with Crippen LogP contribution in [0.25, 0.3) is 0 Å². The molecule has 0 aromatic rings. The van der Waals surface area contributed by atoms with E-state index in [-0.39, 0.29) is 12.1 Å². The van der Waals surface area contributed by atoms with Crippen molar-refractivity contribution in [3.63, 3.8) is 0 Å². The number of nitrogens with one attached hydrogen (secondary N) is 1. The quantitative estimate of drug-likeness (QED) is 0.561.